The van der Waals surface area contributed by atoms with Crippen LogP contribution in [0.2, 0.25) is 0 Å². The maximum Gasteiger partial charge on any atom is 0.217 e. The molecule has 4 atom stereocenters. The zero-order valence-corrected chi connectivity index (χ0v) is 16.3. The first kappa shape index (κ1) is 19.1. The van der Waals surface area contributed by atoms with Gasteiger partial charge in [-0.3, -0.25) is 4.90 Å². The summed E-state index contributed by atoms with van der Waals surface area (Å²) in [6.07, 6.45) is 5.21. The molecule has 1 aliphatic heterocycles. The van der Waals surface area contributed by atoms with E-state index in [2.05, 4.69) is 20.2 Å². The fourth-order valence-corrected chi connectivity index (χ4v) is 4.70. The monoisotopic (exact) mass is 386 g/mol. The second kappa shape index (κ2) is 8.41. The second-order valence-electron chi connectivity index (χ2n) is 7.75. The van der Waals surface area contributed by atoms with Crippen LogP contribution in [0.15, 0.2) is 36.7 Å². The molecule has 4 rings (SSSR count). The van der Waals surface area contributed by atoms with E-state index in [9.17, 15) is 4.39 Å². The number of halogens is 1. The van der Waals surface area contributed by atoms with Gasteiger partial charge in [0.15, 0.2) is 0 Å². The highest BCUT2D eigenvalue weighted by molar-refractivity contribution is 5.35. The smallest absolute Gasteiger partial charge is 0.217 e. The molecule has 150 valence electrons. The fraction of sp³-hybridized carbons (Fsp3) is 0.524. The molecule has 2 fully saturated rings. The normalized spacial score (nSPS) is 27.4. The molecular weight excluding hydrogens is 359 g/mol. The topological polar surface area (TPSA) is 59.5 Å². The zero-order chi connectivity index (χ0) is 19.5. The molecule has 1 aliphatic carbocycles. The molecule has 1 saturated heterocycles. The van der Waals surface area contributed by atoms with Gasteiger partial charge in [-0.15, -0.1) is 0 Å². The molecule has 7 heteroatoms. The van der Waals surface area contributed by atoms with Crippen molar-refractivity contribution in [3.63, 3.8) is 0 Å². The van der Waals surface area contributed by atoms with Gasteiger partial charge in [0.25, 0.3) is 0 Å². The maximum absolute atomic E-state index is 13.6. The Morgan fingerprint density at radius 1 is 1.18 bits per heavy atom. The number of fused-ring (bicyclic) bond motifs is 1. The number of likely N-dealkylation sites (tertiary alicyclic amines) is 1. The van der Waals surface area contributed by atoms with E-state index < -0.39 is 0 Å². The average Bonchev–Trinajstić information content (AvgIpc) is 3.09. The largest absolute Gasteiger partial charge is 0.481 e. The molecule has 1 N–H and O–H groups in total. The van der Waals surface area contributed by atoms with Gasteiger partial charge in [0.1, 0.15) is 11.6 Å². The molecular formula is C21H27FN4O2. The Morgan fingerprint density at radius 2 is 2.00 bits per heavy atom. The molecule has 0 unspecified atom stereocenters. The molecule has 0 bridgehead atoms. The summed E-state index contributed by atoms with van der Waals surface area (Å²) < 4.78 is 24.7. The van der Waals surface area contributed by atoms with Crippen LogP contribution in [0.25, 0.3) is 0 Å². The summed E-state index contributed by atoms with van der Waals surface area (Å²) in [5.41, 5.74) is 0.799. The lowest BCUT2D eigenvalue weighted by Crippen LogP contribution is -2.44. The molecule has 0 amide bonds. The number of pyridine rings is 2. The van der Waals surface area contributed by atoms with Gasteiger partial charge in [0, 0.05) is 38.5 Å². The van der Waals surface area contributed by atoms with E-state index in [-0.39, 0.29) is 18.0 Å². The summed E-state index contributed by atoms with van der Waals surface area (Å²) in [4.78, 5) is 10.8. The van der Waals surface area contributed by atoms with Crippen LogP contribution in [-0.2, 0) is 11.3 Å². The van der Waals surface area contributed by atoms with Gasteiger partial charge < -0.3 is 14.8 Å². The number of nitrogens with zero attached hydrogens (tertiary/aromatic N) is 3. The van der Waals surface area contributed by atoms with E-state index in [1.165, 1.54) is 12.3 Å². The number of anilines is 1. The standard InChI is InChI=1S/C21H27FN4O2/c1-27-19-9-15-12-26(13-16-7-17(22)10-24-21(16)28-2)11-14(15)8-18(19)25-20-5-3-4-6-23-20/h3-7,10,14-15,18-19H,8-9,11-13H2,1-2H3,(H,23,25)/t14-,15+,18-,19-/m1/s1. The first-order chi connectivity index (χ1) is 13.7. The fourth-order valence-electron chi connectivity index (χ4n) is 4.70. The van der Waals surface area contributed by atoms with Crippen molar-refractivity contribution in [2.75, 3.05) is 32.6 Å². The molecule has 0 aromatic carbocycles. The Bertz CT molecular complexity index is 791. The van der Waals surface area contributed by atoms with Gasteiger partial charge >= 0.3 is 0 Å². The van der Waals surface area contributed by atoms with Crippen LogP contribution in [0, 0.1) is 17.7 Å². The van der Waals surface area contributed by atoms with Crippen molar-refractivity contribution in [3.8, 4) is 5.88 Å². The van der Waals surface area contributed by atoms with Crippen molar-refractivity contribution >= 4 is 5.82 Å². The summed E-state index contributed by atoms with van der Waals surface area (Å²) in [5, 5.41) is 3.55. The van der Waals surface area contributed by atoms with E-state index in [0.717, 1.165) is 37.3 Å². The van der Waals surface area contributed by atoms with Gasteiger partial charge in [0.05, 0.1) is 25.5 Å². The number of hydrogen-bond acceptors (Lipinski definition) is 6. The summed E-state index contributed by atoms with van der Waals surface area (Å²) in [7, 11) is 3.36. The summed E-state index contributed by atoms with van der Waals surface area (Å²) >= 11 is 0. The molecule has 0 spiro atoms. The van der Waals surface area contributed by atoms with Crippen LogP contribution >= 0.6 is 0 Å². The third-order valence-corrected chi connectivity index (χ3v) is 5.97. The molecule has 2 aliphatic rings. The Balaban J connectivity index is 1.43. The number of nitrogens with one attached hydrogen (secondary N) is 1. The van der Waals surface area contributed by atoms with Crippen LogP contribution in [0.5, 0.6) is 5.88 Å². The zero-order valence-electron chi connectivity index (χ0n) is 16.3. The SMILES string of the molecule is COc1ncc(F)cc1CN1C[C@H]2C[C@@H](Nc3ccccn3)[C@H](OC)C[C@H]2C1. The average molecular weight is 386 g/mol. The van der Waals surface area contributed by atoms with Crippen LogP contribution in [-0.4, -0.2) is 54.3 Å². The van der Waals surface area contributed by atoms with E-state index >= 15 is 0 Å². The molecule has 0 radical (unpaired) electrons. The lowest BCUT2D eigenvalue weighted by Gasteiger charge is -2.37. The summed E-state index contributed by atoms with van der Waals surface area (Å²) in [5.74, 6) is 2.23. The van der Waals surface area contributed by atoms with E-state index in [0.29, 0.717) is 24.3 Å². The highest BCUT2D eigenvalue weighted by Crippen LogP contribution is 2.39. The molecule has 28 heavy (non-hydrogen) atoms. The Labute approximate surface area is 165 Å². The second-order valence-corrected chi connectivity index (χ2v) is 7.75. The van der Waals surface area contributed by atoms with E-state index in [1.807, 2.05) is 18.2 Å². The number of hydrogen-bond donors (Lipinski definition) is 1. The van der Waals surface area contributed by atoms with Crippen LogP contribution in [0.4, 0.5) is 10.2 Å². The van der Waals surface area contributed by atoms with E-state index in [1.54, 1.807) is 20.4 Å². The molecule has 2 aromatic rings. The Hall–Kier alpha value is -2.25. The first-order valence-electron chi connectivity index (χ1n) is 9.77. The van der Waals surface area contributed by atoms with Crippen molar-refractivity contribution in [1.82, 2.24) is 14.9 Å². The van der Waals surface area contributed by atoms with Crippen LogP contribution in [0.1, 0.15) is 18.4 Å². The minimum Gasteiger partial charge on any atom is -0.481 e. The van der Waals surface area contributed by atoms with Crippen LogP contribution in [0.3, 0.4) is 0 Å². The van der Waals surface area contributed by atoms with Crippen molar-refractivity contribution in [2.24, 2.45) is 11.8 Å². The van der Waals surface area contributed by atoms with Gasteiger partial charge in [-0.25, -0.2) is 14.4 Å². The van der Waals surface area contributed by atoms with Crippen molar-refractivity contribution < 1.29 is 13.9 Å². The Kier molecular flexibility index (Phi) is 5.73. The maximum atomic E-state index is 13.6. The predicted molar refractivity (Wildman–Crippen MR) is 105 cm³/mol. The quantitative estimate of drug-likeness (QED) is 0.824. The number of rotatable bonds is 6. The van der Waals surface area contributed by atoms with Gasteiger partial charge in [-0.2, -0.15) is 0 Å². The van der Waals surface area contributed by atoms with Gasteiger partial charge in [-0.05, 0) is 42.9 Å². The van der Waals surface area contributed by atoms with Gasteiger partial charge in [0.2, 0.25) is 5.88 Å². The molecule has 6 nitrogen and oxygen atoms in total. The highest BCUT2D eigenvalue weighted by Gasteiger charge is 2.42. The summed E-state index contributed by atoms with van der Waals surface area (Å²) in [6.45, 7) is 2.62. The molecule has 3 heterocycles. The van der Waals surface area contributed by atoms with Crippen molar-refractivity contribution in [3.05, 3.63) is 48.0 Å². The van der Waals surface area contributed by atoms with Gasteiger partial charge in [-0.1, -0.05) is 6.07 Å². The van der Waals surface area contributed by atoms with Crippen LogP contribution < -0.4 is 10.1 Å². The number of ether oxygens (including phenoxy) is 2. The van der Waals surface area contributed by atoms with Crippen molar-refractivity contribution in [2.45, 2.75) is 31.5 Å². The predicted octanol–water partition coefficient (Wildman–Crippen LogP) is 2.96. The number of methoxy groups -OCH3 is 2. The number of aromatic nitrogens is 2. The van der Waals surface area contributed by atoms with Crippen molar-refractivity contribution in [1.29, 1.82) is 0 Å². The minimum atomic E-state index is -0.327. The first-order valence-corrected chi connectivity index (χ1v) is 9.77. The Morgan fingerprint density at radius 3 is 2.71 bits per heavy atom. The molecule has 2 aromatic heterocycles. The minimum absolute atomic E-state index is 0.161. The lowest BCUT2D eigenvalue weighted by atomic mass is 9.77. The highest BCUT2D eigenvalue weighted by atomic mass is 19.1. The third-order valence-electron chi connectivity index (χ3n) is 5.97. The van der Waals surface area contributed by atoms with E-state index in [4.69, 9.17) is 9.47 Å². The lowest BCUT2D eigenvalue weighted by molar-refractivity contribution is 0.0304. The third kappa shape index (κ3) is 4.10. The summed E-state index contributed by atoms with van der Waals surface area (Å²) in [6, 6.07) is 7.66. The molecule has 1 saturated carbocycles.